The summed E-state index contributed by atoms with van der Waals surface area (Å²) in [5.74, 6) is -0.791. The summed E-state index contributed by atoms with van der Waals surface area (Å²) in [6.07, 6.45) is 7.08. The summed E-state index contributed by atoms with van der Waals surface area (Å²) in [4.78, 5) is 24.0. The summed E-state index contributed by atoms with van der Waals surface area (Å²) in [6, 6.07) is 0. The van der Waals surface area contributed by atoms with E-state index in [9.17, 15) is 9.59 Å². The van der Waals surface area contributed by atoms with Crippen molar-refractivity contribution in [2.75, 3.05) is 0 Å². The molecule has 5 heteroatoms. The number of rotatable bonds is 1. The van der Waals surface area contributed by atoms with Crippen molar-refractivity contribution in [2.45, 2.75) is 90.1 Å². The first kappa shape index (κ1) is 20.1. The molecule has 27 heavy (non-hydrogen) atoms. The molecular formula is C22H32O5. The summed E-state index contributed by atoms with van der Waals surface area (Å²) in [6.45, 7) is 11.8. The van der Waals surface area contributed by atoms with Crippen LogP contribution in [0.3, 0.4) is 0 Å². The molecule has 2 aliphatic heterocycles. The molecular weight excluding hydrogens is 344 g/mol. The van der Waals surface area contributed by atoms with E-state index < -0.39 is 12.2 Å². The van der Waals surface area contributed by atoms with Crippen LogP contribution >= 0.6 is 0 Å². The van der Waals surface area contributed by atoms with Gasteiger partial charge in [-0.2, -0.15) is 0 Å². The van der Waals surface area contributed by atoms with Gasteiger partial charge in [0.15, 0.2) is 0 Å². The Morgan fingerprint density at radius 3 is 2.85 bits per heavy atom. The lowest BCUT2D eigenvalue weighted by atomic mass is 9.81. The van der Waals surface area contributed by atoms with Gasteiger partial charge in [0, 0.05) is 18.4 Å². The van der Waals surface area contributed by atoms with Gasteiger partial charge in [0.25, 0.3) is 0 Å². The van der Waals surface area contributed by atoms with Crippen LogP contribution in [0.2, 0.25) is 0 Å². The van der Waals surface area contributed by atoms with Gasteiger partial charge in [0.05, 0.1) is 11.7 Å². The number of hydrogen-bond acceptors (Lipinski definition) is 5. The lowest BCUT2D eigenvalue weighted by molar-refractivity contribution is -0.165. The first-order valence-corrected chi connectivity index (χ1v) is 10.1. The van der Waals surface area contributed by atoms with Crippen LogP contribution in [0.4, 0.5) is 0 Å². The summed E-state index contributed by atoms with van der Waals surface area (Å²) in [7, 11) is 0. The molecule has 3 rings (SSSR count). The zero-order valence-electron chi connectivity index (χ0n) is 17.0. The smallest absolute Gasteiger partial charge is 0.334 e. The molecule has 0 saturated carbocycles. The highest BCUT2D eigenvalue weighted by Crippen LogP contribution is 2.48. The second-order valence-corrected chi connectivity index (χ2v) is 8.69. The highest BCUT2D eigenvalue weighted by molar-refractivity contribution is 5.91. The first-order valence-electron chi connectivity index (χ1n) is 10.1. The van der Waals surface area contributed by atoms with Crippen molar-refractivity contribution in [2.24, 2.45) is 11.8 Å². The third-order valence-electron chi connectivity index (χ3n) is 6.40. The normalized spacial score (nSPS) is 42.1. The van der Waals surface area contributed by atoms with Crippen LogP contribution < -0.4 is 0 Å². The minimum atomic E-state index is -0.475. The van der Waals surface area contributed by atoms with Crippen molar-refractivity contribution in [3.63, 3.8) is 0 Å². The molecule has 0 bridgehead atoms. The van der Waals surface area contributed by atoms with E-state index in [1.165, 1.54) is 12.5 Å². The van der Waals surface area contributed by atoms with Gasteiger partial charge >= 0.3 is 11.9 Å². The number of carbonyl (C=O) groups excluding carboxylic acids is 2. The minimum Gasteiger partial charge on any atom is -0.458 e. The van der Waals surface area contributed by atoms with E-state index in [4.69, 9.17) is 14.2 Å². The van der Waals surface area contributed by atoms with Crippen molar-refractivity contribution < 1.29 is 23.8 Å². The van der Waals surface area contributed by atoms with Gasteiger partial charge in [-0.05, 0) is 58.3 Å². The number of ether oxygens (including phenoxy) is 3. The number of esters is 2. The maximum Gasteiger partial charge on any atom is 0.334 e. The topological polar surface area (TPSA) is 65.1 Å². The van der Waals surface area contributed by atoms with Crippen LogP contribution in [0.25, 0.3) is 0 Å². The molecule has 5 nitrogen and oxygen atoms in total. The Morgan fingerprint density at radius 2 is 2.15 bits per heavy atom. The van der Waals surface area contributed by atoms with Gasteiger partial charge in [0.1, 0.15) is 12.2 Å². The molecule has 1 aliphatic carbocycles. The molecule has 2 heterocycles. The fraction of sp³-hybridized carbons (Fsp3) is 0.727. The second-order valence-electron chi connectivity index (χ2n) is 8.69. The van der Waals surface area contributed by atoms with E-state index in [0.29, 0.717) is 12.0 Å². The number of epoxide rings is 1. The lowest BCUT2D eigenvalue weighted by Gasteiger charge is -2.31. The van der Waals surface area contributed by atoms with Crippen LogP contribution in [0.15, 0.2) is 23.8 Å². The maximum absolute atomic E-state index is 12.3. The van der Waals surface area contributed by atoms with E-state index in [1.54, 1.807) is 0 Å². The number of fused-ring (bicyclic) bond motifs is 2. The monoisotopic (exact) mass is 376 g/mol. The Balaban J connectivity index is 1.86. The van der Waals surface area contributed by atoms with E-state index >= 15 is 0 Å². The van der Waals surface area contributed by atoms with Gasteiger partial charge in [-0.1, -0.05) is 25.2 Å². The van der Waals surface area contributed by atoms with Gasteiger partial charge < -0.3 is 14.2 Å². The molecule has 2 fully saturated rings. The van der Waals surface area contributed by atoms with E-state index in [1.807, 2.05) is 0 Å². The van der Waals surface area contributed by atoms with Crippen LogP contribution in [-0.2, 0) is 23.8 Å². The van der Waals surface area contributed by atoms with Gasteiger partial charge in [0.2, 0.25) is 0 Å². The van der Waals surface area contributed by atoms with E-state index in [0.717, 1.165) is 32.1 Å². The fourth-order valence-electron chi connectivity index (χ4n) is 4.52. The number of hydrogen-bond donors (Lipinski definition) is 0. The second kappa shape index (κ2) is 7.78. The molecule has 0 unspecified atom stereocenters. The van der Waals surface area contributed by atoms with Gasteiger partial charge in [-0.3, -0.25) is 4.79 Å². The van der Waals surface area contributed by atoms with Crippen molar-refractivity contribution in [3.8, 4) is 0 Å². The Bertz CT molecular complexity index is 651. The van der Waals surface area contributed by atoms with Crippen molar-refractivity contribution in [1.29, 1.82) is 0 Å². The standard InChI is InChI=1S/C22H32O5/c1-13-8-6-10-14(2)19(25-16(4)23)20-17(15(3)21(24)26-20)12-18-22(5,27-18)11-7-9-13/h9,14,17-20H,3,6-8,10-12H2,1-2,4-5H3/b13-9+/t14-,17+,18-,19+,20-,22-/m1/s1. The molecule has 0 amide bonds. The zero-order valence-corrected chi connectivity index (χ0v) is 17.0. The highest BCUT2D eigenvalue weighted by atomic mass is 16.6. The molecule has 0 spiro atoms. The quantitative estimate of drug-likeness (QED) is 0.298. The van der Waals surface area contributed by atoms with Crippen LogP contribution in [0.1, 0.15) is 66.2 Å². The average molecular weight is 376 g/mol. The summed E-state index contributed by atoms with van der Waals surface area (Å²) >= 11 is 0. The van der Waals surface area contributed by atoms with E-state index in [-0.39, 0.29) is 35.5 Å². The van der Waals surface area contributed by atoms with Gasteiger partial charge in [-0.25, -0.2) is 4.79 Å². The molecule has 0 N–H and O–H groups in total. The van der Waals surface area contributed by atoms with E-state index in [2.05, 4.69) is 33.4 Å². The number of allylic oxidation sites excluding steroid dienone is 2. The Hall–Kier alpha value is -1.62. The highest BCUT2D eigenvalue weighted by Gasteiger charge is 2.56. The summed E-state index contributed by atoms with van der Waals surface area (Å²) in [5.41, 5.74) is 1.72. The molecule has 150 valence electrons. The maximum atomic E-state index is 12.3. The third kappa shape index (κ3) is 4.45. The molecule has 6 atom stereocenters. The van der Waals surface area contributed by atoms with Crippen molar-refractivity contribution in [3.05, 3.63) is 23.8 Å². The number of carbonyl (C=O) groups is 2. The zero-order chi connectivity index (χ0) is 19.8. The molecule has 3 aliphatic rings. The molecule has 0 aromatic heterocycles. The minimum absolute atomic E-state index is 0.0844. The molecule has 0 aromatic rings. The van der Waals surface area contributed by atoms with Crippen LogP contribution in [-0.4, -0.2) is 35.9 Å². The third-order valence-corrected chi connectivity index (χ3v) is 6.40. The van der Waals surface area contributed by atoms with Crippen molar-refractivity contribution in [1.82, 2.24) is 0 Å². The summed E-state index contributed by atoms with van der Waals surface area (Å²) in [5, 5.41) is 0. The SMILES string of the molecule is C=C1C(=O)O[C@H]2[C@@H](OC(C)=O)[C@H](C)CCC/C(C)=C/CC[C@@]3(C)O[C@@H]3C[C@@H]12. The molecule has 2 saturated heterocycles. The molecule has 0 aromatic carbocycles. The van der Waals surface area contributed by atoms with Crippen LogP contribution in [0, 0.1) is 11.8 Å². The van der Waals surface area contributed by atoms with Crippen LogP contribution in [0.5, 0.6) is 0 Å². The Morgan fingerprint density at radius 1 is 1.41 bits per heavy atom. The lowest BCUT2D eigenvalue weighted by Crippen LogP contribution is -2.40. The van der Waals surface area contributed by atoms with Gasteiger partial charge in [-0.15, -0.1) is 0 Å². The van der Waals surface area contributed by atoms with Crippen molar-refractivity contribution >= 4 is 11.9 Å². The predicted molar refractivity (Wildman–Crippen MR) is 102 cm³/mol. The predicted octanol–water partition coefficient (Wildman–Crippen LogP) is 4.11. The molecule has 0 radical (unpaired) electrons. The summed E-state index contributed by atoms with van der Waals surface area (Å²) < 4.78 is 17.3. The average Bonchev–Trinajstić information content (AvgIpc) is 3.14. The largest absolute Gasteiger partial charge is 0.458 e. The Kier molecular flexibility index (Phi) is 5.80. The first-order chi connectivity index (χ1) is 12.7. The Labute approximate surface area is 162 Å². The fourth-order valence-corrected chi connectivity index (χ4v) is 4.52.